The van der Waals surface area contributed by atoms with Crippen LogP contribution in [0.3, 0.4) is 0 Å². The van der Waals surface area contributed by atoms with Gasteiger partial charge in [-0.3, -0.25) is 4.99 Å². The quantitative estimate of drug-likeness (QED) is 0.423. The minimum atomic E-state index is 0.548. The third-order valence-electron chi connectivity index (χ3n) is 4.16. The number of hydrogen-bond donors (Lipinski definition) is 0. The summed E-state index contributed by atoms with van der Waals surface area (Å²) in [5.74, 6) is 0.764. The summed E-state index contributed by atoms with van der Waals surface area (Å²) in [5.41, 5.74) is 3.13. The van der Waals surface area contributed by atoms with Crippen LogP contribution in [0.4, 0.5) is 5.69 Å². The molecule has 0 bridgehead atoms. The largest absolute Gasteiger partial charge is 0.463 e. The Labute approximate surface area is 163 Å². The molecule has 0 saturated heterocycles. The van der Waals surface area contributed by atoms with Gasteiger partial charge in [0.15, 0.2) is 5.76 Å². The van der Waals surface area contributed by atoms with Gasteiger partial charge in [-0.1, -0.05) is 18.2 Å². The predicted molar refractivity (Wildman–Crippen MR) is 114 cm³/mol. The molecule has 2 heterocycles. The van der Waals surface area contributed by atoms with E-state index in [2.05, 4.69) is 59.7 Å². The van der Waals surface area contributed by atoms with Crippen LogP contribution in [0.1, 0.15) is 19.4 Å². The van der Waals surface area contributed by atoms with Gasteiger partial charge in [-0.25, -0.2) is 4.68 Å². The Morgan fingerprint density at radius 3 is 2.59 bits per heavy atom. The molecule has 0 aliphatic heterocycles. The first-order chi connectivity index (χ1) is 13.3. The van der Waals surface area contributed by atoms with Crippen LogP contribution >= 0.6 is 11.3 Å². The fourth-order valence-corrected chi connectivity index (χ4v) is 3.57. The molecule has 140 valence electrons. The Morgan fingerprint density at radius 1 is 1.19 bits per heavy atom. The van der Waals surface area contributed by atoms with Crippen LogP contribution in [0, 0.1) is 0 Å². The van der Waals surface area contributed by atoms with Crippen LogP contribution in [-0.4, -0.2) is 30.5 Å². The molecule has 0 atom stereocenters. The van der Waals surface area contributed by atoms with Crippen LogP contribution in [0.15, 0.2) is 75.2 Å². The van der Waals surface area contributed by atoms with E-state index < -0.39 is 0 Å². The number of benzene rings is 1. The van der Waals surface area contributed by atoms with Gasteiger partial charge in [0.25, 0.3) is 0 Å². The molecule has 2 aromatic heterocycles. The van der Waals surface area contributed by atoms with Crippen molar-refractivity contribution >= 4 is 23.2 Å². The smallest absolute Gasteiger partial charge is 0.206 e. The maximum absolute atomic E-state index is 5.54. The van der Waals surface area contributed by atoms with E-state index in [1.165, 1.54) is 17.0 Å². The van der Waals surface area contributed by atoms with Crippen molar-refractivity contribution in [3.63, 3.8) is 0 Å². The van der Waals surface area contributed by atoms with Gasteiger partial charge in [0, 0.05) is 24.2 Å². The normalized spacial score (nSPS) is 12.0. The number of anilines is 1. The SMILES string of the molecule is C=CCN=c1scc(-c2ccco2)n1N=Cc1ccc(N(CC)CC)cc1. The summed E-state index contributed by atoms with van der Waals surface area (Å²) in [6, 6.07) is 12.2. The number of aromatic nitrogens is 1. The molecule has 3 rings (SSSR count). The van der Waals surface area contributed by atoms with E-state index in [4.69, 9.17) is 4.42 Å². The minimum Gasteiger partial charge on any atom is -0.463 e. The lowest BCUT2D eigenvalue weighted by atomic mass is 10.2. The summed E-state index contributed by atoms with van der Waals surface area (Å²) in [6.45, 7) is 10.6. The summed E-state index contributed by atoms with van der Waals surface area (Å²) < 4.78 is 7.35. The Kier molecular flexibility index (Phi) is 6.44. The zero-order chi connectivity index (χ0) is 19.1. The number of furan rings is 1. The van der Waals surface area contributed by atoms with E-state index in [0.717, 1.165) is 34.9 Å². The molecule has 0 radical (unpaired) electrons. The Hall–Kier alpha value is -2.86. The lowest BCUT2D eigenvalue weighted by Crippen LogP contribution is -2.21. The van der Waals surface area contributed by atoms with Gasteiger partial charge < -0.3 is 9.32 Å². The van der Waals surface area contributed by atoms with Gasteiger partial charge >= 0.3 is 0 Å². The highest BCUT2D eigenvalue weighted by molar-refractivity contribution is 7.07. The number of thiazole rings is 1. The van der Waals surface area contributed by atoms with Crippen LogP contribution in [0.25, 0.3) is 11.5 Å². The van der Waals surface area contributed by atoms with E-state index in [0.29, 0.717) is 6.54 Å². The van der Waals surface area contributed by atoms with Crippen molar-refractivity contribution < 1.29 is 4.42 Å². The van der Waals surface area contributed by atoms with Gasteiger partial charge in [0.1, 0.15) is 5.69 Å². The molecular formula is C21H24N4OS. The Balaban J connectivity index is 1.92. The minimum absolute atomic E-state index is 0.548. The highest BCUT2D eigenvalue weighted by Crippen LogP contribution is 2.20. The van der Waals surface area contributed by atoms with Gasteiger partial charge in [-0.2, -0.15) is 5.10 Å². The first-order valence-electron chi connectivity index (χ1n) is 9.02. The second-order valence-electron chi connectivity index (χ2n) is 5.83. The monoisotopic (exact) mass is 380 g/mol. The van der Waals surface area contributed by atoms with Crippen molar-refractivity contribution in [1.29, 1.82) is 0 Å². The fourth-order valence-electron chi connectivity index (χ4n) is 2.74. The van der Waals surface area contributed by atoms with Gasteiger partial charge in [-0.05, 0) is 43.7 Å². The van der Waals surface area contributed by atoms with E-state index in [1.807, 2.05) is 28.4 Å². The molecule has 0 unspecified atom stereocenters. The van der Waals surface area contributed by atoms with Gasteiger partial charge in [-0.15, -0.1) is 17.9 Å². The zero-order valence-electron chi connectivity index (χ0n) is 15.7. The Morgan fingerprint density at radius 2 is 1.96 bits per heavy atom. The molecule has 0 amide bonds. The molecule has 0 N–H and O–H groups in total. The Bertz CT molecular complexity index is 945. The zero-order valence-corrected chi connectivity index (χ0v) is 16.5. The topological polar surface area (TPSA) is 46.0 Å². The van der Waals surface area contributed by atoms with Crippen molar-refractivity contribution in [3.8, 4) is 11.5 Å². The molecule has 27 heavy (non-hydrogen) atoms. The molecule has 6 heteroatoms. The third-order valence-corrected chi connectivity index (χ3v) is 5.01. The molecule has 0 spiro atoms. The maximum atomic E-state index is 5.54. The maximum Gasteiger partial charge on any atom is 0.206 e. The lowest BCUT2D eigenvalue weighted by molar-refractivity contribution is 0.575. The molecule has 0 aliphatic rings. The molecule has 5 nitrogen and oxygen atoms in total. The molecule has 3 aromatic rings. The predicted octanol–water partition coefficient (Wildman–Crippen LogP) is 4.62. The highest BCUT2D eigenvalue weighted by atomic mass is 32.1. The average Bonchev–Trinajstić information content (AvgIpc) is 3.36. The van der Waals surface area contributed by atoms with E-state index in [9.17, 15) is 0 Å². The summed E-state index contributed by atoms with van der Waals surface area (Å²) >= 11 is 1.53. The molecule has 0 saturated carbocycles. The third kappa shape index (κ3) is 4.46. The van der Waals surface area contributed by atoms with Crippen molar-refractivity contribution in [2.75, 3.05) is 24.5 Å². The highest BCUT2D eigenvalue weighted by Gasteiger charge is 2.09. The number of rotatable bonds is 8. The first kappa shape index (κ1) is 18.9. The second kappa shape index (κ2) is 9.19. The fraction of sp³-hybridized carbons (Fsp3) is 0.238. The molecule has 1 aromatic carbocycles. The first-order valence-corrected chi connectivity index (χ1v) is 9.90. The molecule has 0 aliphatic carbocycles. The van der Waals surface area contributed by atoms with Gasteiger partial charge in [0.2, 0.25) is 4.80 Å². The summed E-state index contributed by atoms with van der Waals surface area (Å²) in [7, 11) is 0. The van der Waals surface area contributed by atoms with Crippen molar-refractivity contribution in [2.45, 2.75) is 13.8 Å². The number of nitrogens with zero attached hydrogens (tertiary/aromatic N) is 4. The van der Waals surface area contributed by atoms with Crippen LogP contribution in [0.2, 0.25) is 0 Å². The van der Waals surface area contributed by atoms with Crippen molar-refractivity contribution in [2.24, 2.45) is 10.1 Å². The van der Waals surface area contributed by atoms with Crippen LogP contribution < -0.4 is 9.70 Å². The van der Waals surface area contributed by atoms with Crippen LogP contribution in [-0.2, 0) is 0 Å². The van der Waals surface area contributed by atoms with Crippen LogP contribution in [0.5, 0.6) is 0 Å². The lowest BCUT2D eigenvalue weighted by Gasteiger charge is -2.20. The standard InChI is InChI=1S/C21H24N4OS/c1-4-13-22-21-25(19(16-27-21)20-8-7-14-26-20)23-15-17-9-11-18(12-10-17)24(5-2)6-3/h4,7-12,14-16H,1,5-6,13H2,2-3H3. The van der Waals surface area contributed by atoms with E-state index in [-0.39, 0.29) is 0 Å². The summed E-state index contributed by atoms with van der Waals surface area (Å²) in [4.78, 5) is 7.65. The second-order valence-corrected chi connectivity index (χ2v) is 6.67. The summed E-state index contributed by atoms with van der Waals surface area (Å²) in [6.07, 6.45) is 5.28. The average molecular weight is 381 g/mol. The molecule has 0 fully saturated rings. The number of hydrogen-bond acceptors (Lipinski definition) is 5. The summed E-state index contributed by atoms with van der Waals surface area (Å²) in [5, 5.41) is 6.66. The van der Waals surface area contributed by atoms with E-state index >= 15 is 0 Å². The van der Waals surface area contributed by atoms with Crippen molar-refractivity contribution in [3.05, 3.63) is 71.1 Å². The van der Waals surface area contributed by atoms with Crippen molar-refractivity contribution in [1.82, 2.24) is 4.68 Å². The van der Waals surface area contributed by atoms with E-state index in [1.54, 1.807) is 12.3 Å². The van der Waals surface area contributed by atoms with Gasteiger partial charge in [0.05, 0.1) is 19.0 Å². The molecular weight excluding hydrogens is 356 g/mol.